The minimum absolute atomic E-state index is 0.520. The molecule has 18 heavy (non-hydrogen) atoms. The standard InChI is InChI=1S/C13H17BrN4/c1-2-17-6-3-10(4-7-17)13-15-12-9-11(14)5-8-18(12)16-13/h5,8-10H,2-4,6-7H2,1H3. The third kappa shape index (κ3) is 2.29. The van der Waals surface area contributed by atoms with E-state index in [1.807, 2.05) is 22.8 Å². The van der Waals surface area contributed by atoms with Gasteiger partial charge in [0.2, 0.25) is 0 Å². The van der Waals surface area contributed by atoms with E-state index in [2.05, 4.69) is 37.8 Å². The zero-order valence-corrected chi connectivity index (χ0v) is 12.1. The molecule has 0 bridgehead atoms. The minimum atomic E-state index is 0.520. The average molecular weight is 309 g/mol. The lowest BCUT2D eigenvalue weighted by Crippen LogP contribution is -2.32. The fourth-order valence-corrected chi connectivity index (χ4v) is 2.88. The largest absolute Gasteiger partial charge is 0.304 e. The highest BCUT2D eigenvalue weighted by Crippen LogP contribution is 2.26. The van der Waals surface area contributed by atoms with Gasteiger partial charge in [0.1, 0.15) is 0 Å². The normalized spacial score (nSPS) is 18.6. The summed E-state index contributed by atoms with van der Waals surface area (Å²) in [5.74, 6) is 1.52. The van der Waals surface area contributed by atoms with Crippen molar-refractivity contribution in [2.45, 2.75) is 25.7 Å². The Bertz CT molecular complexity index is 543. The van der Waals surface area contributed by atoms with Gasteiger partial charge in [-0.25, -0.2) is 9.50 Å². The van der Waals surface area contributed by atoms with E-state index in [1.54, 1.807) is 0 Å². The van der Waals surface area contributed by atoms with Crippen LogP contribution in [0.2, 0.25) is 0 Å². The van der Waals surface area contributed by atoms with Crippen molar-refractivity contribution in [3.05, 3.63) is 28.6 Å². The van der Waals surface area contributed by atoms with Gasteiger partial charge in [-0.2, -0.15) is 5.10 Å². The van der Waals surface area contributed by atoms with E-state index in [4.69, 9.17) is 0 Å². The Kier molecular flexibility index (Phi) is 3.35. The number of fused-ring (bicyclic) bond motifs is 1. The van der Waals surface area contributed by atoms with Gasteiger partial charge < -0.3 is 4.90 Å². The third-order valence-corrected chi connectivity index (χ3v) is 4.21. The Labute approximate surface area is 115 Å². The van der Waals surface area contributed by atoms with Crippen LogP contribution < -0.4 is 0 Å². The molecular weight excluding hydrogens is 292 g/mol. The Morgan fingerprint density at radius 1 is 1.39 bits per heavy atom. The molecule has 0 unspecified atom stereocenters. The highest BCUT2D eigenvalue weighted by molar-refractivity contribution is 9.10. The van der Waals surface area contributed by atoms with E-state index in [1.165, 1.54) is 25.9 Å². The molecule has 96 valence electrons. The van der Waals surface area contributed by atoms with Crippen LogP contribution in [0.4, 0.5) is 0 Å². The summed E-state index contributed by atoms with van der Waals surface area (Å²) in [6, 6.07) is 4.00. The second-order valence-electron chi connectivity index (χ2n) is 4.83. The summed E-state index contributed by atoms with van der Waals surface area (Å²) in [4.78, 5) is 7.14. The lowest BCUT2D eigenvalue weighted by Gasteiger charge is -2.29. The molecule has 0 N–H and O–H groups in total. The highest BCUT2D eigenvalue weighted by Gasteiger charge is 2.23. The first kappa shape index (κ1) is 12.1. The van der Waals surface area contributed by atoms with Gasteiger partial charge in [0.25, 0.3) is 0 Å². The fourth-order valence-electron chi connectivity index (χ4n) is 2.55. The van der Waals surface area contributed by atoms with Crippen molar-refractivity contribution in [1.29, 1.82) is 0 Å². The van der Waals surface area contributed by atoms with Crippen LogP contribution in [0.1, 0.15) is 31.5 Å². The number of pyridine rings is 1. The van der Waals surface area contributed by atoms with Crippen molar-refractivity contribution < 1.29 is 0 Å². The lowest BCUT2D eigenvalue weighted by atomic mass is 9.96. The predicted octanol–water partition coefficient (Wildman–Crippen LogP) is 2.69. The van der Waals surface area contributed by atoms with Crippen LogP contribution in [0, 0.1) is 0 Å². The summed E-state index contributed by atoms with van der Waals surface area (Å²) in [5, 5.41) is 4.59. The number of halogens is 1. The molecule has 1 aliphatic heterocycles. The topological polar surface area (TPSA) is 33.4 Å². The molecule has 1 aliphatic rings. The third-order valence-electron chi connectivity index (χ3n) is 3.72. The summed E-state index contributed by atoms with van der Waals surface area (Å²) in [7, 11) is 0. The minimum Gasteiger partial charge on any atom is -0.304 e. The monoisotopic (exact) mass is 308 g/mol. The molecular formula is C13H17BrN4. The molecule has 0 atom stereocenters. The number of rotatable bonds is 2. The molecule has 0 aliphatic carbocycles. The Morgan fingerprint density at radius 2 is 2.17 bits per heavy atom. The molecule has 1 fully saturated rings. The van der Waals surface area contributed by atoms with Crippen molar-refractivity contribution >= 4 is 21.6 Å². The zero-order chi connectivity index (χ0) is 12.5. The first-order valence-electron chi connectivity index (χ1n) is 6.50. The Balaban J connectivity index is 1.82. The molecule has 2 aromatic heterocycles. The van der Waals surface area contributed by atoms with Crippen LogP contribution in [0.3, 0.4) is 0 Å². The Morgan fingerprint density at radius 3 is 2.89 bits per heavy atom. The highest BCUT2D eigenvalue weighted by atomic mass is 79.9. The van der Waals surface area contributed by atoms with E-state index in [9.17, 15) is 0 Å². The van der Waals surface area contributed by atoms with Crippen molar-refractivity contribution in [2.24, 2.45) is 0 Å². The maximum atomic E-state index is 4.65. The smallest absolute Gasteiger partial charge is 0.156 e. The molecule has 5 heteroatoms. The van der Waals surface area contributed by atoms with Gasteiger partial charge in [0.05, 0.1) is 0 Å². The molecule has 0 spiro atoms. The van der Waals surface area contributed by atoms with Crippen LogP contribution in [0.15, 0.2) is 22.8 Å². The van der Waals surface area contributed by atoms with Crippen LogP contribution in [0.5, 0.6) is 0 Å². The second-order valence-corrected chi connectivity index (χ2v) is 5.74. The molecule has 0 amide bonds. The van der Waals surface area contributed by atoms with Crippen molar-refractivity contribution in [3.63, 3.8) is 0 Å². The van der Waals surface area contributed by atoms with Gasteiger partial charge >= 0.3 is 0 Å². The molecule has 3 heterocycles. The van der Waals surface area contributed by atoms with Crippen LogP contribution in [0.25, 0.3) is 5.65 Å². The van der Waals surface area contributed by atoms with Gasteiger partial charge in [0, 0.05) is 16.6 Å². The number of nitrogens with zero attached hydrogens (tertiary/aromatic N) is 4. The average Bonchev–Trinajstić information content (AvgIpc) is 2.81. The fraction of sp³-hybridized carbons (Fsp3) is 0.538. The predicted molar refractivity (Wildman–Crippen MR) is 74.8 cm³/mol. The van der Waals surface area contributed by atoms with Crippen molar-refractivity contribution in [2.75, 3.05) is 19.6 Å². The van der Waals surface area contributed by atoms with Gasteiger partial charge in [-0.05, 0) is 44.6 Å². The van der Waals surface area contributed by atoms with Crippen LogP contribution in [-0.4, -0.2) is 39.1 Å². The molecule has 3 rings (SSSR count). The molecule has 2 aromatic rings. The van der Waals surface area contributed by atoms with Crippen molar-refractivity contribution in [3.8, 4) is 0 Å². The van der Waals surface area contributed by atoms with E-state index >= 15 is 0 Å². The van der Waals surface area contributed by atoms with Gasteiger partial charge in [-0.3, -0.25) is 0 Å². The summed E-state index contributed by atoms with van der Waals surface area (Å²) >= 11 is 3.47. The first-order chi connectivity index (χ1) is 8.76. The number of hydrogen-bond donors (Lipinski definition) is 0. The molecule has 4 nitrogen and oxygen atoms in total. The lowest BCUT2D eigenvalue weighted by molar-refractivity contribution is 0.219. The number of aromatic nitrogens is 3. The number of piperidine rings is 1. The van der Waals surface area contributed by atoms with Crippen LogP contribution in [-0.2, 0) is 0 Å². The SMILES string of the molecule is CCN1CCC(c2nc3cc(Br)ccn3n2)CC1. The van der Waals surface area contributed by atoms with Gasteiger partial charge in [-0.1, -0.05) is 22.9 Å². The summed E-state index contributed by atoms with van der Waals surface area (Å²) in [6.45, 7) is 5.71. The van der Waals surface area contributed by atoms with Crippen LogP contribution >= 0.6 is 15.9 Å². The van der Waals surface area contributed by atoms with Gasteiger partial charge in [0.15, 0.2) is 11.5 Å². The first-order valence-corrected chi connectivity index (χ1v) is 7.29. The number of hydrogen-bond acceptors (Lipinski definition) is 3. The van der Waals surface area contributed by atoms with E-state index < -0.39 is 0 Å². The van der Waals surface area contributed by atoms with E-state index in [0.717, 1.165) is 22.5 Å². The molecule has 0 aromatic carbocycles. The quantitative estimate of drug-likeness (QED) is 0.855. The summed E-state index contributed by atoms with van der Waals surface area (Å²) in [5.41, 5.74) is 0.928. The summed E-state index contributed by atoms with van der Waals surface area (Å²) in [6.07, 6.45) is 4.30. The summed E-state index contributed by atoms with van der Waals surface area (Å²) < 4.78 is 2.92. The van der Waals surface area contributed by atoms with Gasteiger partial charge in [-0.15, -0.1) is 0 Å². The molecule has 0 saturated carbocycles. The Hall–Kier alpha value is -0.940. The van der Waals surface area contributed by atoms with E-state index in [-0.39, 0.29) is 0 Å². The van der Waals surface area contributed by atoms with Crippen molar-refractivity contribution in [1.82, 2.24) is 19.5 Å². The van der Waals surface area contributed by atoms with E-state index in [0.29, 0.717) is 5.92 Å². The second kappa shape index (κ2) is 4.97. The maximum Gasteiger partial charge on any atom is 0.156 e. The molecule has 1 saturated heterocycles. The zero-order valence-electron chi connectivity index (χ0n) is 10.5. The maximum absolute atomic E-state index is 4.65. The number of likely N-dealkylation sites (tertiary alicyclic amines) is 1. The molecule has 0 radical (unpaired) electrons.